The summed E-state index contributed by atoms with van der Waals surface area (Å²) in [6, 6.07) is 1.98. The van der Waals surface area contributed by atoms with Crippen LogP contribution >= 0.6 is 11.3 Å². The van der Waals surface area contributed by atoms with Crippen molar-refractivity contribution in [2.75, 3.05) is 13.1 Å². The van der Waals surface area contributed by atoms with Gasteiger partial charge in [0.1, 0.15) is 5.69 Å². The maximum absolute atomic E-state index is 12.1. The Balaban J connectivity index is 1.46. The number of piperidine rings is 1. The van der Waals surface area contributed by atoms with Gasteiger partial charge in [-0.05, 0) is 25.8 Å². The number of carbonyl (C=O) groups is 1. The lowest BCUT2D eigenvalue weighted by molar-refractivity contribution is 0.0903. The molecule has 0 aromatic carbocycles. The number of rotatable bonds is 4. The van der Waals surface area contributed by atoms with E-state index in [0.29, 0.717) is 5.69 Å². The second-order valence-electron chi connectivity index (χ2n) is 5.76. The van der Waals surface area contributed by atoms with E-state index in [0.717, 1.165) is 43.2 Å². The molecular weight excluding hydrogens is 298 g/mol. The monoisotopic (exact) mass is 319 g/mol. The van der Waals surface area contributed by atoms with Crippen LogP contribution in [0.15, 0.2) is 17.6 Å². The molecule has 0 unspecified atom stereocenters. The van der Waals surface area contributed by atoms with Crippen LogP contribution in [0.3, 0.4) is 0 Å². The molecule has 0 aliphatic carbocycles. The largest absolute Gasteiger partial charge is 0.348 e. The first kappa shape index (κ1) is 15.2. The molecule has 1 amide bonds. The van der Waals surface area contributed by atoms with Crippen molar-refractivity contribution in [3.05, 3.63) is 34.0 Å². The summed E-state index contributed by atoms with van der Waals surface area (Å²) in [6.45, 7) is 4.92. The van der Waals surface area contributed by atoms with Crippen LogP contribution < -0.4 is 5.32 Å². The Morgan fingerprint density at radius 2 is 2.23 bits per heavy atom. The van der Waals surface area contributed by atoms with Crippen molar-refractivity contribution in [3.8, 4) is 0 Å². The van der Waals surface area contributed by atoms with E-state index in [4.69, 9.17) is 0 Å². The van der Waals surface area contributed by atoms with Gasteiger partial charge in [0.05, 0.1) is 10.7 Å². The Morgan fingerprint density at radius 3 is 2.82 bits per heavy atom. The highest BCUT2D eigenvalue weighted by molar-refractivity contribution is 7.09. The van der Waals surface area contributed by atoms with Gasteiger partial charge < -0.3 is 5.32 Å². The van der Waals surface area contributed by atoms with Gasteiger partial charge in [-0.15, -0.1) is 11.3 Å². The average Bonchev–Trinajstić information content (AvgIpc) is 3.10. The minimum atomic E-state index is -0.0748. The fourth-order valence-corrected chi connectivity index (χ4v) is 3.34. The Kier molecular flexibility index (Phi) is 4.54. The fourth-order valence-electron chi connectivity index (χ4n) is 2.74. The summed E-state index contributed by atoms with van der Waals surface area (Å²) in [4.78, 5) is 19.0. The van der Waals surface area contributed by atoms with E-state index in [1.165, 1.54) is 0 Å². The number of amides is 1. The van der Waals surface area contributed by atoms with Crippen LogP contribution in [-0.2, 0) is 13.6 Å². The predicted molar refractivity (Wildman–Crippen MR) is 85.8 cm³/mol. The van der Waals surface area contributed by atoms with Crippen molar-refractivity contribution in [1.82, 2.24) is 25.0 Å². The third-order valence-corrected chi connectivity index (χ3v) is 4.74. The van der Waals surface area contributed by atoms with Crippen LogP contribution in [0.25, 0.3) is 0 Å². The molecule has 7 heteroatoms. The number of aryl methyl sites for hydroxylation is 2. The number of hydrogen-bond donors (Lipinski definition) is 1. The molecule has 1 aliphatic heterocycles. The molecule has 0 atom stereocenters. The first-order chi connectivity index (χ1) is 10.6. The highest BCUT2D eigenvalue weighted by Gasteiger charge is 2.22. The van der Waals surface area contributed by atoms with Crippen molar-refractivity contribution in [3.63, 3.8) is 0 Å². The number of carbonyl (C=O) groups excluding carboxylic acids is 1. The highest BCUT2D eigenvalue weighted by atomic mass is 32.1. The van der Waals surface area contributed by atoms with Crippen molar-refractivity contribution in [1.29, 1.82) is 0 Å². The van der Waals surface area contributed by atoms with Gasteiger partial charge in [0, 0.05) is 44.3 Å². The van der Waals surface area contributed by atoms with E-state index in [9.17, 15) is 4.79 Å². The second kappa shape index (κ2) is 6.58. The van der Waals surface area contributed by atoms with E-state index >= 15 is 0 Å². The van der Waals surface area contributed by atoms with Gasteiger partial charge in [-0.3, -0.25) is 14.4 Å². The van der Waals surface area contributed by atoms with E-state index in [2.05, 4.69) is 25.7 Å². The second-order valence-corrected chi connectivity index (χ2v) is 6.82. The molecule has 2 aromatic rings. The van der Waals surface area contributed by atoms with Gasteiger partial charge in [-0.25, -0.2) is 4.98 Å². The van der Waals surface area contributed by atoms with Crippen LogP contribution in [0.5, 0.6) is 0 Å². The fraction of sp³-hybridized carbons (Fsp3) is 0.533. The van der Waals surface area contributed by atoms with E-state index in [-0.39, 0.29) is 11.9 Å². The molecule has 0 saturated carbocycles. The third kappa shape index (κ3) is 3.72. The Bertz CT molecular complexity index is 642. The van der Waals surface area contributed by atoms with Crippen LogP contribution in [-0.4, -0.2) is 44.7 Å². The van der Waals surface area contributed by atoms with E-state index < -0.39 is 0 Å². The lowest BCUT2D eigenvalue weighted by Crippen LogP contribution is -2.44. The molecule has 2 aromatic heterocycles. The van der Waals surface area contributed by atoms with Crippen LogP contribution in [0.2, 0.25) is 0 Å². The quantitative estimate of drug-likeness (QED) is 0.929. The molecule has 1 aliphatic rings. The van der Waals surface area contributed by atoms with Gasteiger partial charge in [0.15, 0.2) is 0 Å². The van der Waals surface area contributed by atoms with Crippen LogP contribution in [0, 0.1) is 6.92 Å². The Labute approximate surface area is 134 Å². The summed E-state index contributed by atoms with van der Waals surface area (Å²) in [5.41, 5.74) is 1.64. The smallest absolute Gasteiger partial charge is 0.271 e. The van der Waals surface area contributed by atoms with E-state index in [1.54, 1.807) is 28.3 Å². The maximum atomic E-state index is 12.1. The van der Waals surface area contributed by atoms with Crippen molar-refractivity contribution in [2.24, 2.45) is 7.05 Å². The van der Waals surface area contributed by atoms with Gasteiger partial charge in [0.2, 0.25) is 0 Å². The summed E-state index contributed by atoms with van der Waals surface area (Å²) >= 11 is 1.70. The van der Waals surface area contributed by atoms with Crippen LogP contribution in [0.4, 0.5) is 0 Å². The molecule has 118 valence electrons. The molecule has 6 nitrogen and oxygen atoms in total. The molecule has 0 bridgehead atoms. The van der Waals surface area contributed by atoms with Crippen molar-refractivity contribution >= 4 is 17.2 Å². The van der Waals surface area contributed by atoms with E-state index in [1.807, 2.05) is 14.0 Å². The van der Waals surface area contributed by atoms with Gasteiger partial charge in [-0.2, -0.15) is 5.10 Å². The first-order valence-electron chi connectivity index (χ1n) is 7.54. The van der Waals surface area contributed by atoms with Crippen molar-refractivity contribution < 1.29 is 4.79 Å². The normalized spacial score (nSPS) is 16.8. The zero-order valence-corrected chi connectivity index (χ0v) is 13.8. The lowest BCUT2D eigenvalue weighted by Gasteiger charge is -2.31. The Morgan fingerprint density at radius 1 is 1.45 bits per heavy atom. The number of thiazole rings is 1. The van der Waals surface area contributed by atoms with Gasteiger partial charge in [-0.1, -0.05) is 0 Å². The first-order valence-corrected chi connectivity index (χ1v) is 8.42. The Hall–Kier alpha value is -1.73. The molecule has 0 spiro atoms. The summed E-state index contributed by atoms with van der Waals surface area (Å²) in [5, 5.41) is 10.5. The number of likely N-dealkylation sites (tertiary alicyclic amines) is 1. The van der Waals surface area contributed by atoms with Gasteiger partial charge >= 0.3 is 0 Å². The van der Waals surface area contributed by atoms with Crippen molar-refractivity contribution in [2.45, 2.75) is 32.4 Å². The van der Waals surface area contributed by atoms with Gasteiger partial charge in [0.25, 0.3) is 5.91 Å². The van der Waals surface area contributed by atoms with Crippen LogP contribution in [0.1, 0.15) is 34.0 Å². The minimum absolute atomic E-state index is 0.0748. The minimum Gasteiger partial charge on any atom is -0.348 e. The number of nitrogens with zero attached hydrogens (tertiary/aromatic N) is 4. The number of nitrogens with one attached hydrogen (secondary N) is 1. The summed E-state index contributed by atoms with van der Waals surface area (Å²) < 4.78 is 1.65. The molecule has 3 heterocycles. The summed E-state index contributed by atoms with van der Waals surface area (Å²) in [6.07, 6.45) is 3.73. The maximum Gasteiger partial charge on any atom is 0.271 e. The molecule has 1 saturated heterocycles. The molecule has 22 heavy (non-hydrogen) atoms. The molecule has 1 N–H and O–H groups in total. The predicted octanol–water partition coefficient (Wildman–Crippen LogP) is 1.58. The number of hydrogen-bond acceptors (Lipinski definition) is 5. The zero-order chi connectivity index (χ0) is 15.5. The number of aromatic nitrogens is 3. The molecular formula is C15H21N5OS. The molecule has 1 fully saturated rings. The molecule has 0 radical (unpaired) electrons. The summed E-state index contributed by atoms with van der Waals surface area (Å²) in [5.74, 6) is -0.0748. The summed E-state index contributed by atoms with van der Waals surface area (Å²) in [7, 11) is 1.81. The highest BCUT2D eigenvalue weighted by Crippen LogP contribution is 2.16. The lowest BCUT2D eigenvalue weighted by atomic mass is 10.0. The third-order valence-electron chi connectivity index (χ3n) is 3.92. The zero-order valence-electron chi connectivity index (χ0n) is 13.0. The topological polar surface area (TPSA) is 63.1 Å². The average molecular weight is 319 g/mol. The SMILES string of the molecule is Cc1nc(CN2CCC(NC(=O)c3ccn(C)n3)CC2)cs1. The molecule has 3 rings (SSSR count). The standard InChI is InChI=1S/C15H21N5OS/c1-11-16-13(10-22-11)9-20-7-3-12(4-8-20)17-15(21)14-5-6-19(2)18-14/h5-6,10,12H,3-4,7-9H2,1-2H3,(H,17,21).